The van der Waals surface area contributed by atoms with E-state index in [9.17, 15) is 0 Å². The molecule has 0 fully saturated rings. The lowest BCUT2D eigenvalue weighted by molar-refractivity contribution is 0.425. The number of fused-ring (bicyclic) bond motifs is 1. The van der Waals surface area contributed by atoms with Crippen molar-refractivity contribution in [3.8, 4) is 11.5 Å². The fraction of sp³-hybridized carbons (Fsp3) is 0.316. The zero-order valence-corrected chi connectivity index (χ0v) is 14.0. The minimum absolute atomic E-state index is 0.674. The highest BCUT2D eigenvalue weighted by Gasteiger charge is 2.08. The molecular weight excluding hydrogens is 286 g/mol. The molecule has 0 aliphatic carbocycles. The van der Waals surface area contributed by atoms with Crippen molar-refractivity contribution in [1.82, 2.24) is 9.88 Å². The third kappa shape index (κ3) is 3.71. The van der Waals surface area contributed by atoms with E-state index in [0.717, 1.165) is 41.9 Å². The van der Waals surface area contributed by atoms with Gasteiger partial charge >= 0.3 is 0 Å². The van der Waals surface area contributed by atoms with Crippen LogP contribution < -0.4 is 5.32 Å². The second-order valence-corrected chi connectivity index (χ2v) is 5.98. The number of aromatic nitrogens is 1. The van der Waals surface area contributed by atoms with Crippen molar-refractivity contribution in [1.29, 1.82) is 0 Å². The van der Waals surface area contributed by atoms with Crippen LogP contribution in [0.3, 0.4) is 0 Å². The predicted molar refractivity (Wildman–Crippen MR) is 95.9 cm³/mol. The molecule has 120 valence electrons. The summed E-state index contributed by atoms with van der Waals surface area (Å²) in [4.78, 5) is 6.78. The van der Waals surface area contributed by atoms with Crippen molar-refractivity contribution >= 4 is 16.8 Å². The summed E-state index contributed by atoms with van der Waals surface area (Å²) < 4.78 is 5.88. The van der Waals surface area contributed by atoms with Crippen molar-refractivity contribution in [2.24, 2.45) is 0 Å². The van der Waals surface area contributed by atoms with E-state index in [1.165, 1.54) is 5.56 Å². The van der Waals surface area contributed by atoms with Crippen LogP contribution in [0.1, 0.15) is 12.5 Å². The third-order valence-corrected chi connectivity index (χ3v) is 3.88. The fourth-order valence-electron chi connectivity index (χ4n) is 2.47. The van der Waals surface area contributed by atoms with Crippen molar-refractivity contribution in [2.45, 2.75) is 13.3 Å². The van der Waals surface area contributed by atoms with E-state index >= 15 is 0 Å². The Balaban J connectivity index is 1.80. The first kappa shape index (κ1) is 15.6. The van der Waals surface area contributed by atoms with Crippen molar-refractivity contribution < 1.29 is 4.42 Å². The van der Waals surface area contributed by atoms with Crippen LogP contribution in [0, 0.1) is 0 Å². The molecule has 23 heavy (non-hydrogen) atoms. The topological polar surface area (TPSA) is 41.3 Å². The molecule has 4 nitrogen and oxygen atoms in total. The molecule has 0 unspecified atom stereocenters. The highest BCUT2D eigenvalue weighted by molar-refractivity contribution is 5.80. The Hall–Kier alpha value is -2.33. The molecule has 0 aliphatic heterocycles. The van der Waals surface area contributed by atoms with Gasteiger partial charge in [-0.2, -0.15) is 0 Å². The smallest absolute Gasteiger partial charge is 0.227 e. The molecule has 0 spiro atoms. The normalized spacial score (nSPS) is 11.3. The lowest BCUT2D eigenvalue weighted by atomic mass is 10.1. The molecule has 0 saturated carbocycles. The number of anilines is 1. The van der Waals surface area contributed by atoms with Gasteiger partial charge in [0.25, 0.3) is 0 Å². The van der Waals surface area contributed by atoms with Gasteiger partial charge in [-0.25, -0.2) is 4.98 Å². The Morgan fingerprint density at radius 3 is 2.57 bits per heavy atom. The number of benzene rings is 2. The summed E-state index contributed by atoms with van der Waals surface area (Å²) in [6, 6.07) is 14.4. The molecule has 0 aliphatic rings. The number of oxazole rings is 1. The van der Waals surface area contributed by atoms with Crippen LogP contribution in [0.25, 0.3) is 22.6 Å². The van der Waals surface area contributed by atoms with Gasteiger partial charge in [0.2, 0.25) is 5.89 Å². The number of hydrogen-bond donors (Lipinski definition) is 1. The molecule has 0 bridgehead atoms. The average Bonchev–Trinajstić information content (AvgIpc) is 2.98. The number of rotatable bonds is 6. The van der Waals surface area contributed by atoms with E-state index in [2.05, 4.69) is 60.5 Å². The van der Waals surface area contributed by atoms with E-state index in [-0.39, 0.29) is 0 Å². The Morgan fingerprint density at radius 1 is 1.09 bits per heavy atom. The summed E-state index contributed by atoms with van der Waals surface area (Å²) in [7, 11) is 4.14. The average molecular weight is 309 g/mol. The summed E-state index contributed by atoms with van der Waals surface area (Å²) in [6.07, 6.45) is 1.04. The van der Waals surface area contributed by atoms with Gasteiger partial charge in [-0.3, -0.25) is 0 Å². The van der Waals surface area contributed by atoms with E-state index < -0.39 is 0 Å². The Kier molecular flexibility index (Phi) is 4.63. The Bertz CT molecular complexity index is 775. The number of aryl methyl sites for hydroxylation is 1. The van der Waals surface area contributed by atoms with E-state index in [4.69, 9.17) is 4.42 Å². The second-order valence-electron chi connectivity index (χ2n) is 5.98. The van der Waals surface area contributed by atoms with Crippen LogP contribution >= 0.6 is 0 Å². The molecular formula is C19H23N3O. The molecule has 0 atom stereocenters. The molecule has 1 heterocycles. The Labute approximate surface area is 137 Å². The van der Waals surface area contributed by atoms with E-state index in [1.54, 1.807) is 0 Å². The molecule has 4 heteroatoms. The maximum absolute atomic E-state index is 5.88. The van der Waals surface area contributed by atoms with Gasteiger partial charge in [-0.1, -0.05) is 19.1 Å². The standard InChI is InChI=1S/C19H23N3O/c1-4-14-5-7-15(8-6-14)19-21-17-13-16(9-10-18(17)23-19)20-11-12-22(2)3/h5-10,13,20H,4,11-12H2,1-3H3. The van der Waals surface area contributed by atoms with Gasteiger partial charge in [-0.05, 0) is 56.4 Å². The van der Waals surface area contributed by atoms with Crippen LogP contribution in [0.5, 0.6) is 0 Å². The largest absolute Gasteiger partial charge is 0.436 e. The quantitative estimate of drug-likeness (QED) is 0.746. The summed E-state index contributed by atoms with van der Waals surface area (Å²) in [6.45, 7) is 4.05. The highest BCUT2D eigenvalue weighted by Crippen LogP contribution is 2.26. The minimum Gasteiger partial charge on any atom is -0.436 e. The predicted octanol–water partition coefficient (Wildman–Crippen LogP) is 4.03. The number of nitrogens with zero attached hydrogens (tertiary/aromatic N) is 2. The number of nitrogens with one attached hydrogen (secondary N) is 1. The summed E-state index contributed by atoms with van der Waals surface area (Å²) in [5.41, 5.74) is 5.10. The first-order chi connectivity index (χ1) is 11.2. The van der Waals surface area contributed by atoms with Gasteiger partial charge in [-0.15, -0.1) is 0 Å². The van der Waals surface area contributed by atoms with Gasteiger partial charge in [0, 0.05) is 24.3 Å². The molecule has 3 aromatic rings. The van der Waals surface area contributed by atoms with Gasteiger partial charge in [0.05, 0.1) is 0 Å². The van der Waals surface area contributed by atoms with Crippen molar-refractivity contribution in [3.63, 3.8) is 0 Å². The molecule has 0 radical (unpaired) electrons. The summed E-state index contributed by atoms with van der Waals surface area (Å²) in [5.74, 6) is 0.674. The third-order valence-electron chi connectivity index (χ3n) is 3.88. The van der Waals surface area contributed by atoms with Gasteiger partial charge in [0.1, 0.15) is 5.52 Å². The Morgan fingerprint density at radius 2 is 1.87 bits per heavy atom. The van der Waals surface area contributed by atoms with Crippen LogP contribution in [0.15, 0.2) is 46.9 Å². The van der Waals surface area contributed by atoms with E-state index in [0.29, 0.717) is 5.89 Å². The zero-order chi connectivity index (χ0) is 16.2. The monoisotopic (exact) mass is 309 g/mol. The van der Waals surface area contributed by atoms with Crippen LogP contribution in [0.4, 0.5) is 5.69 Å². The molecule has 1 aromatic heterocycles. The SMILES string of the molecule is CCc1ccc(-c2nc3cc(NCCN(C)C)ccc3o2)cc1. The second kappa shape index (κ2) is 6.84. The first-order valence-electron chi connectivity index (χ1n) is 8.04. The molecule has 0 saturated heterocycles. The minimum atomic E-state index is 0.674. The maximum atomic E-state index is 5.88. The lowest BCUT2D eigenvalue weighted by Gasteiger charge is -2.10. The number of hydrogen-bond acceptors (Lipinski definition) is 4. The van der Waals surface area contributed by atoms with Crippen LogP contribution in [-0.4, -0.2) is 37.1 Å². The number of likely N-dealkylation sites (N-methyl/N-ethyl adjacent to an activating group) is 1. The van der Waals surface area contributed by atoms with Crippen LogP contribution in [-0.2, 0) is 6.42 Å². The van der Waals surface area contributed by atoms with Gasteiger partial charge < -0.3 is 14.6 Å². The van der Waals surface area contributed by atoms with Crippen LogP contribution in [0.2, 0.25) is 0 Å². The maximum Gasteiger partial charge on any atom is 0.227 e. The first-order valence-corrected chi connectivity index (χ1v) is 8.04. The van der Waals surface area contributed by atoms with Crippen molar-refractivity contribution in [2.75, 3.05) is 32.5 Å². The molecule has 3 rings (SSSR count). The summed E-state index contributed by atoms with van der Waals surface area (Å²) >= 11 is 0. The summed E-state index contributed by atoms with van der Waals surface area (Å²) in [5, 5.41) is 3.41. The molecule has 1 N–H and O–H groups in total. The molecule has 2 aromatic carbocycles. The molecule has 0 amide bonds. The highest BCUT2D eigenvalue weighted by atomic mass is 16.3. The van der Waals surface area contributed by atoms with E-state index in [1.807, 2.05) is 18.2 Å². The van der Waals surface area contributed by atoms with Gasteiger partial charge in [0.15, 0.2) is 5.58 Å². The zero-order valence-electron chi connectivity index (χ0n) is 14.0. The van der Waals surface area contributed by atoms with Crippen molar-refractivity contribution in [3.05, 3.63) is 48.0 Å². The lowest BCUT2D eigenvalue weighted by Crippen LogP contribution is -2.20. The fourth-order valence-corrected chi connectivity index (χ4v) is 2.47.